The lowest BCUT2D eigenvalue weighted by atomic mass is 9.73. The summed E-state index contributed by atoms with van der Waals surface area (Å²) < 4.78 is 0. The third-order valence-electron chi connectivity index (χ3n) is 5.87. The Morgan fingerprint density at radius 3 is 2.81 bits per heavy atom. The van der Waals surface area contributed by atoms with E-state index >= 15 is 0 Å². The highest BCUT2D eigenvalue weighted by atomic mass is 16.2. The van der Waals surface area contributed by atoms with E-state index in [4.69, 9.17) is 0 Å². The molecular weight excluding hydrogens is 338 g/mol. The molecule has 4 heterocycles. The normalized spacial score (nSPS) is 23.7. The molecule has 2 fully saturated rings. The van der Waals surface area contributed by atoms with Crippen molar-refractivity contribution in [2.75, 3.05) is 26.2 Å². The van der Waals surface area contributed by atoms with Gasteiger partial charge in [-0.05, 0) is 37.9 Å². The number of nitrogens with zero attached hydrogens (tertiary/aromatic N) is 5. The van der Waals surface area contributed by atoms with E-state index in [2.05, 4.69) is 24.8 Å². The van der Waals surface area contributed by atoms with Crippen LogP contribution in [0.5, 0.6) is 0 Å². The molecule has 0 aromatic carbocycles. The summed E-state index contributed by atoms with van der Waals surface area (Å²) in [6.45, 7) is 4.70. The third-order valence-corrected chi connectivity index (χ3v) is 5.87. The monoisotopic (exact) mass is 365 g/mol. The molecule has 4 rings (SSSR count). The number of rotatable bonds is 5. The molecule has 142 valence electrons. The summed E-state index contributed by atoms with van der Waals surface area (Å²) >= 11 is 0. The molecule has 6 nitrogen and oxygen atoms in total. The van der Waals surface area contributed by atoms with Crippen LogP contribution in [0.4, 0.5) is 0 Å². The number of likely N-dealkylation sites (tertiary alicyclic amines) is 2. The molecule has 0 unspecified atom stereocenters. The van der Waals surface area contributed by atoms with Crippen LogP contribution >= 0.6 is 0 Å². The molecule has 2 aliphatic rings. The summed E-state index contributed by atoms with van der Waals surface area (Å²) in [4.78, 5) is 29.7. The summed E-state index contributed by atoms with van der Waals surface area (Å²) in [6, 6.07) is 5.97. The van der Waals surface area contributed by atoms with Crippen molar-refractivity contribution in [1.29, 1.82) is 0 Å². The van der Waals surface area contributed by atoms with Crippen molar-refractivity contribution >= 4 is 5.91 Å². The highest BCUT2D eigenvalue weighted by Crippen LogP contribution is 2.39. The van der Waals surface area contributed by atoms with Gasteiger partial charge in [-0.25, -0.2) is 9.97 Å². The average Bonchev–Trinajstić information content (AvgIpc) is 2.71. The molecule has 2 saturated heterocycles. The van der Waals surface area contributed by atoms with Crippen molar-refractivity contribution in [2.45, 2.75) is 38.6 Å². The first-order valence-corrected chi connectivity index (χ1v) is 9.86. The predicted octanol–water partition coefficient (Wildman–Crippen LogP) is 2.32. The summed E-state index contributed by atoms with van der Waals surface area (Å²) in [6.07, 6.45) is 12.1. The van der Waals surface area contributed by atoms with Crippen LogP contribution in [0.1, 0.15) is 36.9 Å². The van der Waals surface area contributed by atoms with Gasteiger partial charge >= 0.3 is 0 Å². The number of piperidine rings is 2. The molecule has 0 bridgehead atoms. The molecule has 0 N–H and O–H groups in total. The van der Waals surface area contributed by atoms with Gasteiger partial charge in [0.2, 0.25) is 5.91 Å². The largest absolute Gasteiger partial charge is 0.342 e. The van der Waals surface area contributed by atoms with Crippen LogP contribution in [0.25, 0.3) is 0 Å². The maximum absolute atomic E-state index is 12.5. The van der Waals surface area contributed by atoms with Crippen LogP contribution < -0.4 is 0 Å². The maximum Gasteiger partial charge on any atom is 0.222 e. The molecule has 2 aromatic heterocycles. The first-order chi connectivity index (χ1) is 13.2. The van der Waals surface area contributed by atoms with E-state index in [0.717, 1.165) is 56.8 Å². The van der Waals surface area contributed by atoms with Gasteiger partial charge in [0, 0.05) is 74.3 Å². The Balaban J connectivity index is 1.38. The van der Waals surface area contributed by atoms with Crippen molar-refractivity contribution in [3.05, 3.63) is 54.4 Å². The zero-order valence-electron chi connectivity index (χ0n) is 15.8. The van der Waals surface area contributed by atoms with Crippen molar-refractivity contribution in [3.63, 3.8) is 0 Å². The Kier molecular flexibility index (Phi) is 5.43. The maximum atomic E-state index is 12.5. The minimum atomic E-state index is 0.228. The number of aromatic nitrogens is 3. The van der Waals surface area contributed by atoms with E-state index in [9.17, 15) is 4.79 Å². The van der Waals surface area contributed by atoms with Crippen molar-refractivity contribution in [1.82, 2.24) is 24.8 Å². The summed E-state index contributed by atoms with van der Waals surface area (Å²) in [5.41, 5.74) is 2.44. The highest BCUT2D eigenvalue weighted by molar-refractivity contribution is 5.77. The molecule has 1 atom stereocenters. The van der Waals surface area contributed by atoms with E-state index in [1.807, 2.05) is 36.8 Å². The topological polar surface area (TPSA) is 62.2 Å². The first-order valence-electron chi connectivity index (χ1n) is 9.86. The Morgan fingerprint density at radius 1 is 1.11 bits per heavy atom. The van der Waals surface area contributed by atoms with Gasteiger partial charge in [-0.3, -0.25) is 14.7 Å². The number of pyridine rings is 1. The minimum absolute atomic E-state index is 0.228. The second kappa shape index (κ2) is 8.13. The van der Waals surface area contributed by atoms with Crippen LogP contribution in [0, 0.1) is 5.41 Å². The second-order valence-corrected chi connectivity index (χ2v) is 7.95. The molecule has 2 aliphatic heterocycles. The van der Waals surface area contributed by atoms with Gasteiger partial charge in [-0.1, -0.05) is 6.07 Å². The Bertz CT molecular complexity index is 754. The van der Waals surface area contributed by atoms with Crippen LogP contribution in [0.3, 0.4) is 0 Å². The summed E-state index contributed by atoms with van der Waals surface area (Å²) in [5, 5.41) is 0. The van der Waals surface area contributed by atoms with Gasteiger partial charge in [-0.2, -0.15) is 0 Å². The average molecular weight is 365 g/mol. The van der Waals surface area contributed by atoms with E-state index in [1.165, 1.54) is 12.8 Å². The lowest BCUT2D eigenvalue weighted by Gasteiger charge is -2.48. The fourth-order valence-corrected chi connectivity index (χ4v) is 4.55. The number of hydrogen-bond acceptors (Lipinski definition) is 5. The smallest absolute Gasteiger partial charge is 0.222 e. The lowest BCUT2D eigenvalue weighted by Crippen LogP contribution is -2.54. The number of carbonyl (C=O) groups is 1. The molecule has 27 heavy (non-hydrogen) atoms. The molecule has 0 saturated carbocycles. The number of amides is 1. The molecule has 0 aliphatic carbocycles. The fraction of sp³-hybridized carbons (Fsp3) is 0.524. The summed E-state index contributed by atoms with van der Waals surface area (Å²) in [7, 11) is 0. The molecular formula is C21H27N5O. The van der Waals surface area contributed by atoms with Crippen molar-refractivity contribution in [3.8, 4) is 0 Å². The quantitative estimate of drug-likeness (QED) is 0.814. The van der Waals surface area contributed by atoms with E-state index in [1.54, 1.807) is 6.33 Å². The summed E-state index contributed by atoms with van der Waals surface area (Å²) in [5.74, 6) is 0.296. The van der Waals surface area contributed by atoms with Crippen LogP contribution in [-0.4, -0.2) is 56.8 Å². The Morgan fingerprint density at radius 2 is 2.00 bits per heavy atom. The van der Waals surface area contributed by atoms with E-state index < -0.39 is 0 Å². The van der Waals surface area contributed by atoms with Gasteiger partial charge in [0.25, 0.3) is 0 Å². The zero-order valence-corrected chi connectivity index (χ0v) is 15.8. The van der Waals surface area contributed by atoms with Gasteiger partial charge in [0.15, 0.2) is 0 Å². The Hall–Kier alpha value is -2.34. The number of carbonyl (C=O) groups excluding carboxylic acids is 1. The fourth-order valence-electron chi connectivity index (χ4n) is 4.55. The molecule has 2 aromatic rings. The van der Waals surface area contributed by atoms with Gasteiger partial charge in [-0.15, -0.1) is 0 Å². The SMILES string of the molecule is O=C1CC[C@@]2(CCCN(Cc3cncnc3)C2)CN1CCc1ccccn1. The lowest BCUT2D eigenvalue weighted by molar-refractivity contribution is -0.139. The molecule has 1 amide bonds. The standard InChI is InChI=1S/C21H27N5O/c27-20-5-8-21(16-26(20)11-6-19-4-1-2-9-24-19)7-3-10-25(15-21)14-18-12-22-17-23-13-18/h1-2,4,9,12-13,17H,3,5-8,10-11,14-16H2/t21-/m1/s1. The minimum Gasteiger partial charge on any atom is -0.342 e. The van der Waals surface area contributed by atoms with E-state index in [0.29, 0.717) is 12.3 Å². The van der Waals surface area contributed by atoms with Gasteiger partial charge in [0.05, 0.1) is 0 Å². The van der Waals surface area contributed by atoms with Crippen molar-refractivity contribution < 1.29 is 4.79 Å². The highest BCUT2D eigenvalue weighted by Gasteiger charge is 2.41. The van der Waals surface area contributed by atoms with Crippen LogP contribution in [-0.2, 0) is 17.8 Å². The predicted molar refractivity (Wildman–Crippen MR) is 103 cm³/mol. The number of hydrogen-bond donors (Lipinski definition) is 0. The van der Waals surface area contributed by atoms with Crippen LogP contribution in [0.2, 0.25) is 0 Å². The zero-order chi connectivity index (χ0) is 18.5. The molecule has 0 radical (unpaired) electrons. The third kappa shape index (κ3) is 4.50. The Labute approximate surface area is 160 Å². The van der Waals surface area contributed by atoms with Crippen molar-refractivity contribution in [2.24, 2.45) is 5.41 Å². The van der Waals surface area contributed by atoms with E-state index in [-0.39, 0.29) is 5.41 Å². The van der Waals surface area contributed by atoms with Gasteiger partial charge < -0.3 is 4.90 Å². The first kappa shape index (κ1) is 18.0. The second-order valence-electron chi connectivity index (χ2n) is 7.95. The van der Waals surface area contributed by atoms with Gasteiger partial charge in [0.1, 0.15) is 6.33 Å². The molecule has 1 spiro atoms. The van der Waals surface area contributed by atoms with Crippen LogP contribution in [0.15, 0.2) is 43.1 Å². The molecule has 6 heteroatoms.